The zero-order valence-corrected chi connectivity index (χ0v) is 9.92. The van der Waals surface area contributed by atoms with Crippen molar-refractivity contribution in [1.82, 2.24) is 4.57 Å². The molecule has 2 rings (SSSR count). The smallest absolute Gasteiger partial charge is 0.395 e. The van der Waals surface area contributed by atoms with E-state index in [1.807, 2.05) is 0 Å². The molecule has 0 atom stereocenters. The molecule has 1 aromatic rings. The van der Waals surface area contributed by atoms with Gasteiger partial charge in [0.2, 0.25) is 0 Å². The molecule has 0 unspecified atom stereocenters. The van der Waals surface area contributed by atoms with Crippen molar-refractivity contribution >= 4 is 11.5 Å². The second-order valence-electron chi connectivity index (χ2n) is 4.41. The number of halogens is 3. The fourth-order valence-electron chi connectivity index (χ4n) is 2.24. The van der Waals surface area contributed by atoms with Crippen LogP contribution in [0.2, 0.25) is 0 Å². The first kappa shape index (κ1) is 12.8. The monoisotopic (exact) mass is 261 g/mol. The van der Waals surface area contributed by atoms with Crippen LogP contribution in [0.5, 0.6) is 0 Å². The predicted octanol–water partition coefficient (Wildman–Crippen LogP) is 1.68. The van der Waals surface area contributed by atoms with Crippen molar-refractivity contribution in [1.29, 1.82) is 0 Å². The van der Waals surface area contributed by atoms with Crippen molar-refractivity contribution in [2.75, 3.05) is 24.2 Å². The number of hydrogen-bond donors (Lipinski definition) is 1. The van der Waals surface area contributed by atoms with Gasteiger partial charge in [0.1, 0.15) is 5.82 Å². The van der Waals surface area contributed by atoms with Crippen molar-refractivity contribution in [3.63, 3.8) is 0 Å². The molecule has 1 aromatic heterocycles. The Kier molecular flexibility index (Phi) is 3.00. The van der Waals surface area contributed by atoms with E-state index in [9.17, 15) is 18.0 Å². The Morgan fingerprint density at radius 2 is 1.89 bits per heavy atom. The lowest BCUT2D eigenvalue weighted by atomic mass is 10.2. The molecule has 100 valence electrons. The van der Waals surface area contributed by atoms with Crippen molar-refractivity contribution < 1.29 is 13.2 Å². The average molecular weight is 261 g/mol. The highest BCUT2D eigenvalue weighted by Crippen LogP contribution is 2.37. The fourth-order valence-corrected chi connectivity index (χ4v) is 2.24. The zero-order valence-electron chi connectivity index (χ0n) is 9.92. The molecular formula is C11H14F3N3O. The normalized spacial score (nSPS) is 16.3. The van der Waals surface area contributed by atoms with E-state index in [-0.39, 0.29) is 11.5 Å². The molecule has 7 heteroatoms. The maximum absolute atomic E-state index is 12.8. The molecule has 4 nitrogen and oxygen atoms in total. The topological polar surface area (TPSA) is 51.3 Å². The highest BCUT2D eigenvalue weighted by molar-refractivity contribution is 5.68. The Bertz CT molecular complexity index is 521. The molecule has 0 bridgehead atoms. The summed E-state index contributed by atoms with van der Waals surface area (Å²) in [5, 5.41) is 0. The number of aromatic nitrogens is 1. The molecule has 18 heavy (non-hydrogen) atoms. The van der Waals surface area contributed by atoms with Crippen molar-refractivity contribution in [3.05, 3.63) is 22.0 Å². The molecule has 0 saturated heterocycles. The van der Waals surface area contributed by atoms with Crippen LogP contribution < -0.4 is 16.2 Å². The van der Waals surface area contributed by atoms with Gasteiger partial charge < -0.3 is 10.6 Å². The number of rotatable bonds is 0. The van der Waals surface area contributed by atoms with Gasteiger partial charge in [-0.2, -0.15) is 13.2 Å². The third-order valence-electron chi connectivity index (χ3n) is 3.11. The number of pyridine rings is 1. The summed E-state index contributed by atoms with van der Waals surface area (Å²) in [5.74, 6) is 0.173. The van der Waals surface area contributed by atoms with Gasteiger partial charge in [-0.15, -0.1) is 0 Å². The Labute approximate surface area is 102 Å². The second-order valence-corrected chi connectivity index (χ2v) is 4.41. The largest absolute Gasteiger partial charge is 0.418 e. The van der Waals surface area contributed by atoms with Crippen molar-refractivity contribution in [2.45, 2.75) is 25.6 Å². The third-order valence-corrected chi connectivity index (χ3v) is 3.11. The van der Waals surface area contributed by atoms with Gasteiger partial charge in [-0.05, 0) is 12.8 Å². The second kappa shape index (κ2) is 4.22. The number of anilines is 2. The van der Waals surface area contributed by atoms with E-state index in [4.69, 9.17) is 5.73 Å². The summed E-state index contributed by atoms with van der Waals surface area (Å²) in [6.07, 6.45) is -3.04. The van der Waals surface area contributed by atoms with Crippen LogP contribution >= 0.6 is 0 Å². The van der Waals surface area contributed by atoms with Gasteiger partial charge in [0.25, 0.3) is 5.56 Å². The van der Waals surface area contributed by atoms with E-state index in [1.165, 1.54) is 4.57 Å². The number of nitrogens with two attached hydrogens (primary N) is 1. The van der Waals surface area contributed by atoms with Crippen LogP contribution in [-0.2, 0) is 12.7 Å². The highest BCUT2D eigenvalue weighted by atomic mass is 19.4. The van der Waals surface area contributed by atoms with E-state index in [0.29, 0.717) is 19.2 Å². The van der Waals surface area contributed by atoms with Gasteiger partial charge in [0.05, 0.1) is 11.3 Å². The summed E-state index contributed by atoms with van der Waals surface area (Å²) in [5.41, 5.74) is 3.53. The summed E-state index contributed by atoms with van der Waals surface area (Å²) in [6.45, 7) is 0.992. The SMILES string of the molecule is CN1CCCCn2c1c(N)c(C(F)(F)F)cc2=O. The van der Waals surface area contributed by atoms with Gasteiger partial charge in [-0.1, -0.05) is 0 Å². The molecule has 2 heterocycles. The van der Waals surface area contributed by atoms with E-state index < -0.39 is 17.3 Å². The summed E-state index contributed by atoms with van der Waals surface area (Å²) in [4.78, 5) is 13.4. The first-order chi connectivity index (χ1) is 8.32. The number of alkyl halides is 3. The molecule has 0 fully saturated rings. The van der Waals surface area contributed by atoms with E-state index >= 15 is 0 Å². The van der Waals surface area contributed by atoms with Gasteiger partial charge in [0, 0.05) is 26.2 Å². The molecule has 0 saturated carbocycles. The van der Waals surface area contributed by atoms with Crippen molar-refractivity contribution in [3.8, 4) is 0 Å². The van der Waals surface area contributed by atoms with Crippen LogP contribution in [0.15, 0.2) is 10.9 Å². The molecule has 1 aliphatic rings. The van der Waals surface area contributed by atoms with Crippen LogP contribution in [0, 0.1) is 0 Å². The van der Waals surface area contributed by atoms with Gasteiger partial charge in [0.15, 0.2) is 0 Å². The minimum Gasteiger partial charge on any atom is -0.395 e. The Hall–Kier alpha value is -1.66. The number of fused-ring (bicyclic) bond motifs is 1. The Morgan fingerprint density at radius 1 is 1.28 bits per heavy atom. The summed E-state index contributed by atoms with van der Waals surface area (Å²) in [6, 6.07) is 0.581. The summed E-state index contributed by atoms with van der Waals surface area (Å²) in [7, 11) is 1.65. The lowest BCUT2D eigenvalue weighted by molar-refractivity contribution is -0.137. The van der Waals surface area contributed by atoms with Gasteiger partial charge in [-0.25, -0.2) is 0 Å². The summed E-state index contributed by atoms with van der Waals surface area (Å²) >= 11 is 0. The average Bonchev–Trinajstić information content (AvgIpc) is 2.44. The number of hydrogen-bond acceptors (Lipinski definition) is 3. The zero-order chi connectivity index (χ0) is 13.5. The minimum atomic E-state index is -4.61. The van der Waals surface area contributed by atoms with E-state index in [2.05, 4.69) is 0 Å². The standard InChI is InChI=1S/C11H14F3N3O/c1-16-4-2-3-5-17-8(18)6-7(11(12,13)14)9(15)10(16)17/h6H,2-5,15H2,1H3. The predicted molar refractivity (Wildman–Crippen MR) is 62.6 cm³/mol. The minimum absolute atomic E-state index is 0.173. The molecule has 0 aliphatic carbocycles. The molecule has 2 N–H and O–H groups in total. The molecule has 0 radical (unpaired) electrons. The Morgan fingerprint density at radius 3 is 2.50 bits per heavy atom. The van der Waals surface area contributed by atoms with Crippen LogP contribution in [0.25, 0.3) is 0 Å². The van der Waals surface area contributed by atoms with Crippen LogP contribution in [0.1, 0.15) is 18.4 Å². The maximum Gasteiger partial charge on any atom is 0.418 e. The van der Waals surface area contributed by atoms with Gasteiger partial charge in [-0.3, -0.25) is 9.36 Å². The molecule has 0 amide bonds. The third kappa shape index (κ3) is 2.04. The maximum atomic E-state index is 12.8. The lowest BCUT2D eigenvalue weighted by Gasteiger charge is -2.24. The molecule has 0 aromatic carbocycles. The highest BCUT2D eigenvalue weighted by Gasteiger charge is 2.36. The molecular weight excluding hydrogens is 247 g/mol. The van der Waals surface area contributed by atoms with Crippen LogP contribution in [0.3, 0.4) is 0 Å². The van der Waals surface area contributed by atoms with E-state index in [1.54, 1.807) is 11.9 Å². The summed E-state index contributed by atoms with van der Waals surface area (Å²) < 4.78 is 39.7. The van der Waals surface area contributed by atoms with E-state index in [0.717, 1.165) is 12.8 Å². The van der Waals surface area contributed by atoms with Crippen LogP contribution in [-0.4, -0.2) is 18.2 Å². The van der Waals surface area contributed by atoms with Crippen molar-refractivity contribution in [2.24, 2.45) is 0 Å². The fraction of sp³-hybridized carbons (Fsp3) is 0.545. The molecule has 1 aliphatic heterocycles. The Balaban J connectivity index is 2.72. The molecule has 0 spiro atoms. The van der Waals surface area contributed by atoms with Gasteiger partial charge >= 0.3 is 6.18 Å². The lowest BCUT2D eigenvalue weighted by Crippen LogP contribution is -2.30. The quantitative estimate of drug-likeness (QED) is 0.773. The number of nitrogen functional groups attached to an aromatic ring is 1. The number of nitrogens with zero attached hydrogens (tertiary/aromatic N) is 2. The van der Waals surface area contributed by atoms with Crippen LogP contribution in [0.4, 0.5) is 24.7 Å². The first-order valence-electron chi connectivity index (χ1n) is 5.64. The first-order valence-corrected chi connectivity index (χ1v) is 5.64.